The maximum Gasteiger partial charge on any atom is 0.261 e. The number of nitrogens with one attached hydrogen (secondary N) is 1. The summed E-state index contributed by atoms with van der Waals surface area (Å²) in [5.74, 6) is -0.386. The van der Waals surface area contributed by atoms with Gasteiger partial charge in [-0.05, 0) is 37.2 Å². The highest BCUT2D eigenvalue weighted by Crippen LogP contribution is 2.25. The van der Waals surface area contributed by atoms with Crippen LogP contribution in [0.15, 0.2) is 18.2 Å². The molecule has 18 heavy (non-hydrogen) atoms. The number of hydrogen-bond donors (Lipinski definition) is 1. The molecule has 1 N–H and O–H groups in total. The Bertz CT molecular complexity index is 376. The molecule has 1 aromatic rings. The van der Waals surface area contributed by atoms with Crippen LogP contribution in [-0.2, 0) is 4.74 Å². The van der Waals surface area contributed by atoms with Crippen LogP contribution in [0.5, 0.6) is 0 Å². The number of rotatable bonds is 7. The van der Waals surface area contributed by atoms with Gasteiger partial charge in [-0.15, -0.1) is 0 Å². The van der Waals surface area contributed by atoms with Crippen molar-refractivity contribution in [1.82, 2.24) is 5.32 Å². The van der Waals surface area contributed by atoms with Crippen LogP contribution >= 0.6 is 11.6 Å². The maximum absolute atomic E-state index is 13.1. The van der Waals surface area contributed by atoms with E-state index in [0.717, 1.165) is 0 Å². The van der Waals surface area contributed by atoms with Gasteiger partial charge in [0.2, 0.25) is 0 Å². The topological polar surface area (TPSA) is 21.3 Å². The molecule has 1 rings (SSSR count). The van der Waals surface area contributed by atoms with Gasteiger partial charge in [-0.25, -0.2) is 13.2 Å². The summed E-state index contributed by atoms with van der Waals surface area (Å²) in [4.78, 5) is 0. The fourth-order valence-corrected chi connectivity index (χ4v) is 1.86. The minimum Gasteiger partial charge on any atom is -0.375 e. The SMILES string of the molecule is CNC(CCOCC(F)F)c1cc(F)ccc1Cl. The predicted octanol–water partition coefficient (Wildman–Crippen LogP) is 3.41. The molecule has 2 nitrogen and oxygen atoms in total. The third-order valence-corrected chi connectivity index (χ3v) is 2.82. The highest BCUT2D eigenvalue weighted by Gasteiger charge is 2.14. The fourth-order valence-electron chi connectivity index (χ4n) is 1.61. The molecule has 0 bridgehead atoms. The molecule has 1 unspecified atom stereocenters. The van der Waals surface area contributed by atoms with Crippen molar-refractivity contribution in [2.45, 2.75) is 18.9 Å². The number of benzene rings is 1. The summed E-state index contributed by atoms with van der Waals surface area (Å²) in [7, 11) is 1.69. The summed E-state index contributed by atoms with van der Waals surface area (Å²) in [6.45, 7) is -0.435. The van der Waals surface area contributed by atoms with Crippen LogP contribution < -0.4 is 5.32 Å². The van der Waals surface area contributed by atoms with E-state index in [9.17, 15) is 13.2 Å². The van der Waals surface area contributed by atoms with Crippen LogP contribution in [0.4, 0.5) is 13.2 Å². The molecule has 0 amide bonds. The van der Waals surface area contributed by atoms with Gasteiger partial charge >= 0.3 is 0 Å². The van der Waals surface area contributed by atoms with Crippen molar-refractivity contribution in [1.29, 1.82) is 0 Å². The van der Waals surface area contributed by atoms with E-state index in [-0.39, 0.29) is 18.5 Å². The van der Waals surface area contributed by atoms with Gasteiger partial charge in [-0.3, -0.25) is 0 Å². The van der Waals surface area contributed by atoms with Crippen molar-refractivity contribution < 1.29 is 17.9 Å². The Morgan fingerprint density at radius 3 is 2.72 bits per heavy atom. The van der Waals surface area contributed by atoms with Gasteiger partial charge in [0.05, 0.1) is 0 Å². The summed E-state index contributed by atoms with van der Waals surface area (Å²) in [6.07, 6.45) is -2.04. The van der Waals surface area contributed by atoms with Gasteiger partial charge < -0.3 is 10.1 Å². The molecule has 1 aromatic carbocycles. The van der Waals surface area contributed by atoms with E-state index >= 15 is 0 Å². The first-order chi connectivity index (χ1) is 8.54. The van der Waals surface area contributed by atoms with E-state index in [1.54, 1.807) is 7.05 Å². The largest absolute Gasteiger partial charge is 0.375 e. The lowest BCUT2D eigenvalue weighted by Crippen LogP contribution is -2.19. The van der Waals surface area contributed by atoms with Gasteiger partial charge in [-0.2, -0.15) is 0 Å². The quantitative estimate of drug-likeness (QED) is 0.774. The van der Waals surface area contributed by atoms with Gasteiger partial charge in [0.1, 0.15) is 12.4 Å². The average molecular weight is 282 g/mol. The average Bonchev–Trinajstić information content (AvgIpc) is 2.33. The number of ether oxygens (including phenoxy) is 1. The zero-order valence-corrected chi connectivity index (χ0v) is 10.7. The Hall–Kier alpha value is -0.780. The van der Waals surface area contributed by atoms with E-state index in [4.69, 9.17) is 16.3 Å². The van der Waals surface area contributed by atoms with Crippen LogP contribution in [0.1, 0.15) is 18.0 Å². The second-order valence-electron chi connectivity index (χ2n) is 3.76. The van der Waals surface area contributed by atoms with Crippen molar-refractivity contribution in [3.05, 3.63) is 34.6 Å². The fraction of sp³-hybridized carbons (Fsp3) is 0.500. The molecule has 0 saturated carbocycles. The Morgan fingerprint density at radius 2 is 2.11 bits per heavy atom. The van der Waals surface area contributed by atoms with Gasteiger partial charge in [0.25, 0.3) is 6.43 Å². The summed E-state index contributed by atoms with van der Waals surface area (Å²) in [5.41, 5.74) is 0.597. The molecule has 0 fully saturated rings. The molecule has 0 aliphatic carbocycles. The van der Waals surface area contributed by atoms with E-state index < -0.39 is 13.0 Å². The van der Waals surface area contributed by atoms with Gasteiger partial charge in [-0.1, -0.05) is 11.6 Å². The van der Waals surface area contributed by atoms with E-state index in [1.165, 1.54) is 18.2 Å². The lowest BCUT2D eigenvalue weighted by atomic mass is 10.0. The third kappa shape index (κ3) is 4.84. The third-order valence-electron chi connectivity index (χ3n) is 2.48. The predicted molar refractivity (Wildman–Crippen MR) is 64.7 cm³/mol. The Kier molecular flexibility index (Phi) is 6.46. The molecular formula is C12H15ClF3NO. The van der Waals surface area contributed by atoms with Crippen LogP contribution in [0, 0.1) is 5.82 Å². The molecule has 102 valence electrons. The standard InChI is InChI=1S/C12H15ClF3NO/c1-17-11(4-5-18-7-12(15)16)9-6-8(14)2-3-10(9)13/h2-3,6,11-12,17H,4-5,7H2,1H3. The number of alkyl halides is 2. The normalized spacial score (nSPS) is 13.0. The summed E-state index contributed by atoms with van der Waals surface area (Å²) in [6, 6.07) is 3.84. The molecule has 0 spiro atoms. The molecule has 0 aromatic heterocycles. The maximum atomic E-state index is 13.1. The van der Waals surface area contributed by atoms with E-state index in [2.05, 4.69) is 5.32 Å². The van der Waals surface area contributed by atoms with Crippen LogP contribution in [0.3, 0.4) is 0 Å². The van der Waals surface area contributed by atoms with E-state index in [0.29, 0.717) is 17.0 Å². The molecule has 1 atom stereocenters. The van der Waals surface area contributed by atoms with Crippen molar-refractivity contribution in [2.75, 3.05) is 20.3 Å². The zero-order valence-electron chi connectivity index (χ0n) is 9.93. The molecule has 6 heteroatoms. The van der Waals surface area contributed by atoms with Crippen molar-refractivity contribution in [3.8, 4) is 0 Å². The molecule has 0 saturated heterocycles. The molecule has 0 aliphatic rings. The minimum absolute atomic E-state index is 0.155. The molecule has 0 heterocycles. The first-order valence-corrected chi connectivity index (χ1v) is 5.90. The smallest absolute Gasteiger partial charge is 0.261 e. The summed E-state index contributed by atoms with van der Waals surface area (Å²) >= 11 is 5.97. The Balaban J connectivity index is 2.57. The van der Waals surface area contributed by atoms with E-state index in [1.807, 2.05) is 0 Å². The Labute approximate surface area is 109 Å². The Morgan fingerprint density at radius 1 is 1.39 bits per heavy atom. The van der Waals surface area contributed by atoms with Crippen molar-refractivity contribution in [3.63, 3.8) is 0 Å². The first kappa shape index (κ1) is 15.3. The first-order valence-electron chi connectivity index (χ1n) is 5.52. The van der Waals surface area contributed by atoms with Gasteiger partial charge in [0, 0.05) is 17.7 Å². The zero-order chi connectivity index (χ0) is 13.5. The van der Waals surface area contributed by atoms with Gasteiger partial charge in [0.15, 0.2) is 0 Å². The molecule has 0 radical (unpaired) electrons. The monoisotopic (exact) mass is 281 g/mol. The lowest BCUT2D eigenvalue weighted by molar-refractivity contribution is 0.0145. The van der Waals surface area contributed by atoms with Crippen LogP contribution in [0.2, 0.25) is 5.02 Å². The minimum atomic E-state index is -2.48. The van der Waals surface area contributed by atoms with Crippen LogP contribution in [-0.4, -0.2) is 26.7 Å². The van der Waals surface area contributed by atoms with Crippen molar-refractivity contribution >= 4 is 11.6 Å². The molecule has 0 aliphatic heterocycles. The van der Waals surface area contributed by atoms with Crippen LogP contribution in [0.25, 0.3) is 0 Å². The van der Waals surface area contributed by atoms with Crippen molar-refractivity contribution in [2.24, 2.45) is 0 Å². The molecular weight excluding hydrogens is 267 g/mol. The number of halogens is 4. The highest BCUT2D eigenvalue weighted by atomic mass is 35.5. The second kappa shape index (κ2) is 7.61. The highest BCUT2D eigenvalue weighted by molar-refractivity contribution is 6.31. The number of hydrogen-bond acceptors (Lipinski definition) is 2. The second-order valence-corrected chi connectivity index (χ2v) is 4.17. The summed E-state index contributed by atoms with van der Waals surface area (Å²) < 4.78 is 41.7. The lowest BCUT2D eigenvalue weighted by Gasteiger charge is -2.18. The summed E-state index contributed by atoms with van der Waals surface area (Å²) in [5, 5.41) is 3.39.